The average Bonchev–Trinajstić information content (AvgIpc) is 2.71. The Bertz CT molecular complexity index is 346. The Balaban J connectivity index is 2.32. The molecule has 0 radical (unpaired) electrons. The van der Waals surface area contributed by atoms with Crippen molar-refractivity contribution in [2.24, 2.45) is 5.92 Å². The summed E-state index contributed by atoms with van der Waals surface area (Å²) >= 11 is 0. The minimum absolute atomic E-state index is 0.309. The lowest BCUT2D eigenvalue weighted by atomic mass is 10.1. The summed E-state index contributed by atoms with van der Waals surface area (Å²) in [6, 6.07) is 3.80. The molecule has 1 aromatic rings. The fraction of sp³-hybridized carbons (Fsp3) is 0.455. The molecule has 1 heterocycles. The first-order valence-corrected chi connectivity index (χ1v) is 5.28. The highest BCUT2D eigenvalue weighted by Gasteiger charge is 2.23. The minimum atomic E-state index is -1.07. The summed E-state index contributed by atoms with van der Waals surface area (Å²) in [5, 5.41) is 11.4. The fourth-order valence-electron chi connectivity index (χ4n) is 1.44. The van der Waals surface area contributed by atoms with Gasteiger partial charge in [0.2, 0.25) is 5.91 Å². The van der Waals surface area contributed by atoms with Crippen molar-refractivity contribution in [3.05, 3.63) is 24.0 Å². The van der Waals surface area contributed by atoms with Crippen LogP contribution in [-0.2, 0) is 16.0 Å². The van der Waals surface area contributed by atoms with Gasteiger partial charge < -0.3 is 15.4 Å². The molecule has 5 heteroatoms. The summed E-state index contributed by atoms with van der Waals surface area (Å²) in [4.78, 5) is 25.1. The van der Waals surface area contributed by atoms with Gasteiger partial charge in [0.15, 0.2) is 0 Å². The van der Waals surface area contributed by atoms with Crippen LogP contribution in [0.3, 0.4) is 0 Å². The smallest absolute Gasteiger partial charge is 0.316 e. The van der Waals surface area contributed by atoms with Crippen molar-refractivity contribution in [1.82, 2.24) is 10.3 Å². The zero-order valence-corrected chi connectivity index (χ0v) is 9.19. The Hall–Kier alpha value is -1.78. The number of amides is 1. The standard InChI is InChI=1S/C11H16N2O3/c1-2-9(11(15)16)10(14)13-7-5-8-4-3-6-12-8/h3-4,6,9,12H,2,5,7H2,1H3,(H,13,14)(H,15,16). The molecule has 1 aromatic heterocycles. The fourth-order valence-corrected chi connectivity index (χ4v) is 1.44. The number of carbonyl (C=O) groups excluding carboxylic acids is 1. The number of nitrogens with one attached hydrogen (secondary N) is 2. The van der Waals surface area contributed by atoms with Crippen LogP contribution < -0.4 is 5.32 Å². The minimum Gasteiger partial charge on any atom is -0.481 e. The molecule has 1 unspecified atom stereocenters. The van der Waals surface area contributed by atoms with Gasteiger partial charge in [-0.25, -0.2) is 0 Å². The molecule has 0 saturated carbocycles. The molecule has 1 atom stereocenters. The molecule has 0 aliphatic rings. The predicted molar refractivity (Wildman–Crippen MR) is 58.9 cm³/mol. The third-order valence-electron chi connectivity index (χ3n) is 2.38. The Morgan fingerprint density at radius 3 is 2.81 bits per heavy atom. The lowest BCUT2D eigenvalue weighted by Gasteiger charge is -2.10. The summed E-state index contributed by atoms with van der Waals surface area (Å²) < 4.78 is 0. The zero-order valence-electron chi connectivity index (χ0n) is 9.19. The lowest BCUT2D eigenvalue weighted by molar-refractivity contribution is -0.147. The molecule has 3 N–H and O–H groups in total. The highest BCUT2D eigenvalue weighted by atomic mass is 16.4. The van der Waals surface area contributed by atoms with E-state index in [1.165, 1.54) is 0 Å². The molecule has 0 aromatic carbocycles. The first-order chi connectivity index (χ1) is 7.65. The third-order valence-corrected chi connectivity index (χ3v) is 2.38. The van der Waals surface area contributed by atoms with E-state index in [1.54, 1.807) is 6.92 Å². The number of aromatic amines is 1. The Kier molecular flexibility index (Phi) is 4.57. The van der Waals surface area contributed by atoms with Crippen LogP contribution in [0, 0.1) is 5.92 Å². The first-order valence-electron chi connectivity index (χ1n) is 5.28. The van der Waals surface area contributed by atoms with E-state index in [2.05, 4.69) is 10.3 Å². The SMILES string of the molecule is CCC(C(=O)O)C(=O)NCCc1ccc[nH]1. The van der Waals surface area contributed by atoms with Crippen LogP contribution in [0.4, 0.5) is 0 Å². The van der Waals surface area contributed by atoms with Gasteiger partial charge in [-0.2, -0.15) is 0 Å². The molecule has 0 aliphatic carbocycles. The van der Waals surface area contributed by atoms with E-state index in [0.717, 1.165) is 5.69 Å². The zero-order chi connectivity index (χ0) is 12.0. The van der Waals surface area contributed by atoms with Crippen molar-refractivity contribution in [3.8, 4) is 0 Å². The second kappa shape index (κ2) is 5.95. The van der Waals surface area contributed by atoms with E-state index in [9.17, 15) is 9.59 Å². The maximum absolute atomic E-state index is 11.4. The molecule has 1 amide bonds. The number of hydrogen-bond donors (Lipinski definition) is 3. The summed E-state index contributed by atoms with van der Waals surface area (Å²) in [7, 11) is 0. The summed E-state index contributed by atoms with van der Waals surface area (Å²) in [6.45, 7) is 2.13. The van der Waals surface area contributed by atoms with E-state index >= 15 is 0 Å². The maximum atomic E-state index is 11.4. The Morgan fingerprint density at radius 1 is 1.56 bits per heavy atom. The van der Waals surface area contributed by atoms with Crippen molar-refractivity contribution < 1.29 is 14.7 Å². The molecule has 5 nitrogen and oxygen atoms in total. The molecular formula is C11H16N2O3. The van der Waals surface area contributed by atoms with Gasteiger partial charge in [-0.05, 0) is 18.6 Å². The van der Waals surface area contributed by atoms with Gasteiger partial charge in [-0.3, -0.25) is 9.59 Å². The number of carboxylic acids is 1. The topological polar surface area (TPSA) is 82.2 Å². The molecule has 0 spiro atoms. The van der Waals surface area contributed by atoms with Gasteiger partial charge in [0, 0.05) is 24.9 Å². The van der Waals surface area contributed by atoms with E-state index < -0.39 is 17.8 Å². The maximum Gasteiger partial charge on any atom is 0.316 e. The van der Waals surface area contributed by atoms with Crippen molar-refractivity contribution in [2.45, 2.75) is 19.8 Å². The highest BCUT2D eigenvalue weighted by Crippen LogP contribution is 2.02. The monoisotopic (exact) mass is 224 g/mol. The van der Waals surface area contributed by atoms with Crippen LogP contribution >= 0.6 is 0 Å². The van der Waals surface area contributed by atoms with Crippen molar-refractivity contribution in [1.29, 1.82) is 0 Å². The van der Waals surface area contributed by atoms with Crippen molar-refractivity contribution in [3.63, 3.8) is 0 Å². The second-order valence-electron chi connectivity index (χ2n) is 3.54. The van der Waals surface area contributed by atoms with E-state index in [-0.39, 0.29) is 0 Å². The lowest BCUT2D eigenvalue weighted by Crippen LogP contribution is -2.36. The van der Waals surface area contributed by atoms with Gasteiger partial charge in [-0.15, -0.1) is 0 Å². The molecule has 0 bridgehead atoms. The van der Waals surface area contributed by atoms with E-state index in [0.29, 0.717) is 19.4 Å². The summed E-state index contributed by atoms with van der Waals surface area (Å²) in [5.74, 6) is -2.43. The normalized spacial score (nSPS) is 12.1. The van der Waals surface area contributed by atoms with Gasteiger partial charge in [-0.1, -0.05) is 6.92 Å². The predicted octanol–water partition coefficient (Wildman–Crippen LogP) is 0.784. The molecule has 0 saturated heterocycles. The summed E-state index contributed by atoms with van der Waals surface area (Å²) in [6.07, 6.45) is 2.79. The number of H-pyrrole nitrogens is 1. The number of rotatable bonds is 6. The first kappa shape index (κ1) is 12.3. The highest BCUT2D eigenvalue weighted by molar-refractivity contribution is 5.96. The molecular weight excluding hydrogens is 208 g/mol. The molecule has 16 heavy (non-hydrogen) atoms. The quantitative estimate of drug-likeness (QED) is 0.624. The van der Waals surface area contributed by atoms with E-state index in [1.807, 2.05) is 18.3 Å². The van der Waals surface area contributed by atoms with Crippen molar-refractivity contribution >= 4 is 11.9 Å². The van der Waals surface area contributed by atoms with Gasteiger partial charge in [0.25, 0.3) is 0 Å². The van der Waals surface area contributed by atoms with Crippen LogP contribution in [0.15, 0.2) is 18.3 Å². The van der Waals surface area contributed by atoms with Crippen molar-refractivity contribution in [2.75, 3.05) is 6.54 Å². The Labute approximate surface area is 93.9 Å². The average molecular weight is 224 g/mol. The molecule has 0 aliphatic heterocycles. The van der Waals surface area contributed by atoms with Gasteiger partial charge >= 0.3 is 5.97 Å². The van der Waals surface area contributed by atoms with Crippen LogP contribution in [-0.4, -0.2) is 28.5 Å². The third kappa shape index (κ3) is 3.42. The number of carbonyl (C=O) groups is 2. The van der Waals surface area contributed by atoms with Crippen LogP contribution in [0.1, 0.15) is 19.0 Å². The van der Waals surface area contributed by atoms with Gasteiger partial charge in [0.1, 0.15) is 5.92 Å². The number of carboxylic acid groups (broad SMARTS) is 1. The second-order valence-corrected chi connectivity index (χ2v) is 3.54. The number of aliphatic carboxylic acids is 1. The van der Waals surface area contributed by atoms with Crippen LogP contribution in [0.5, 0.6) is 0 Å². The molecule has 88 valence electrons. The van der Waals surface area contributed by atoms with E-state index in [4.69, 9.17) is 5.11 Å². The van der Waals surface area contributed by atoms with Crippen LogP contribution in [0.2, 0.25) is 0 Å². The number of aromatic nitrogens is 1. The number of hydrogen-bond acceptors (Lipinski definition) is 2. The van der Waals surface area contributed by atoms with Crippen LogP contribution in [0.25, 0.3) is 0 Å². The Morgan fingerprint density at radius 2 is 2.31 bits per heavy atom. The van der Waals surface area contributed by atoms with Gasteiger partial charge in [0.05, 0.1) is 0 Å². The summed E-state index contributed by atoms with van der Waals surface area (Å²) in [5.41, 5.74) is 1.02. The largest absolute Gasteiger partial charge is 0.481 e. The molecule has 0 fully saturated rings. The molecule has 1 rings (SSSR count).